The predicted octanol–water partition coefficient (Wildman–Crippen LogP) is -1.33. The van der Waals surface area contributed by atoms with Crippen molar-refractivity contribution in [1.29, 1.82) is 0 Å². The minimum Gasteiger partial charge on any atom is -0.387 e. The van der Waals surface area contributed by atoms with Crippen LogP contribution >= 0.6 is 22.6 Å². The molecule has 1 aliphatic heterocycles. The van der Waals surface area contributed by atoms with Crippen molar-refractivity contribution in [3.05, 3.63) is 33.1 Å². The topological polar surface area (TPSA) is 105 Å². The van der Waals surface area contributed by atoms with Crippen LogP contribution in [0.25, 0.3) is 0 Å². The van der Waals surface area contributed by atoms with Crippen LogP contribution in [0.3, 0.4) is 0 Å². The predicted molar refractivity (Wildman–Crippen MR) is 66.2 cm³/mol. The average Bonchev–Trinajstić information content (AvgIpc) is 2.54. The van der Waals surface area contributed by atoms with Gasteiger partial charge in [0.25, 0.3) is 5.56 Å². The first-order valence-corrected chi connectivity index (χ1v) is 6.54. The Labute approximate surface area is 113 Å². The number of nitrogens with one attached hydrogen (secondary N) is 1. The summed E-state index contributed by atoms with van der Waals surface area (Å²) in [7, 11) is 0. The van der Waals surface area contributed by atoms with E-state index >= 15 is 0 Å². The van der Waals surface area contributed by atoms with Gasteiger partial charge in [-0.1, -0.05) is 22.6 Å². The van der Waals surface area contributed by atoms with Gasteiger partial charge in [-0.05, 0) is 0 Å². The molecule has 18 heavy (non-hydrogen) atoms. The number of aromatic amines is 1. The Morgan fingerprint density at radius 1 is 1.56 bits per heavy atom. The maximum Gasteiger partial charge on any atom is 0.332 e. The van der Waals surface area contributed by atoms with Crippen molar-refractivity contribution >= 4 is 22.6 Å². The molecule has 1 aromatic heterocycles. The zero-order chi connectivity index (χ0) is 13.5. The van der Waals surface area contributed by atoms with E-state index in [9.17, 15) is 24.2 Å². The largest absolute Gasteiger partial charge is 0.387 e. The van der Waals surface area contributed by atoms with E-state index in [-0.39, 0.29) is 4.43 Å². The maximum absolute atomic E-state index is 14.5. The first-order chi connectivity index (χ1) is 8.40. The van der Waals surface area contributed by atoms with E-state index in [0.717, 1.165) is 12.3 Å². The molecule has 2 heterocycles. The Kier molecular flexibility index (Phi) is 3.58. The van der Waals surface area contributed by atoms with Gasteiger partial charge in [0.1, 0.15) is 12.2 Å². The molecule has 0 spiro atoms. The molecule has 0 amide bonds. The Morgan fingerprint density at radius 2 is 2.22 bits per heavy atom. The third-order valence-electron chi connectivity index (χ3n) is 2.69. The summed E-state index contributed by atoms with van der Waals surface area (Å²) in [5, 5.41) is 19.3. The zero-order valence-electron chi connectivity index (χ0n) is 8.92. The molecule has 0 bridgehead atoms. The monoisotopic (exact) mass is 372 g/mol. The number of alkyl halides is 2. The van der Waals surface area contributed by atoms with Crippen LogP contribution in [0, 0.1) is 0 Å². The van der Waals surface area contributed by atoms with E-state index in [1.165, 1.54) is 0 Å². The summed E-state index contributed by atoms with van der Waals surface area (Å²) < 4.78 is 20.1. The molecule has 1 saturated heterocycles. The van der Waals surface area contributed by atoms with Gasteiger partial charge in [-0.2, -0.15) is 4.39 Å². The molecule has 0 radical (unpaired) electrons. The highest BCUT2D eigenvalue weighted by Gasteiger charge is 2.56. The number of hydrogen-bond donors (Lipinski definition) is 3. The molecule has 0 aromatic carbocycles. The van der Waals surface area contributed by atoms with Crippen LogP contribution in [0.5, 0.6) is 0 Å². The van der Waals surface area contributed by atoms with E-state index in [2.05, 4.69) is 0 Å². The van der Waals surface area contributed by atoms with Crippen LogP contribution in [0.4, 0.5) is 4.39 Å². The van der Waals surface area contributed by atoms with Gasteiger partial charge in [0.15, 0.2) is 6.10 Å². The number of H-pyrrole nitrogens is 1. The first-order valence-electron chi connectivity index (χ1n) is 5.01. The standard InChI is InChI=1S/C9H10FIN2O5/c10-9(7(16)6(15)4(3-11)18-9)13-2-1-5(14)12-8(13)17/h1-2,4,6-7,15-16H,3H2,(H,12,14,17)/t4-,6-,7-,9+/m1/s1. The van der Waals surface area contributed by atoms with Crippen LogP contribution in [0.15, 0.2) is 21.9 Å². The highest BCUT2D eigenvalue weighted by molar-refractivity contribution is 14.1. The van der Waals surface area contributed by atoms with Crippen molar-refractivity contribution in [1.82, 2.24) is 9.55 Å². The molecule has 1 aliphatic rings. The molecule has 1 fully saturated rings. The van der Waals surface area contributed by atoms with Crippen molar-refractivity contribution in [3.63, 3.8) is 0 Å². The van der Waals surface area contributed by atoms with Crippen LogP contribution in [0.2, 0.25) is 0 Å². The molecule has 9 heteroatoms. The van der Waals surface area contributed by atoms with Gasteiger partial charge in [-0.15, -0.1) is 0 Å². The molecule has 3 N–H and O–H groups in total. The summed E-state index contributed by atoms with van der Waals surface area (Å²) >= 11 is 1.86. The summed E-state index contributed by atoms with van der Waals surface area (Å²) in [6.07, 6.45) is -3.44. The fourth-order valence-corrected chi connectivity index (χ4v) is 2.45. The van der Waals surface area contributed by atoms with E-state index in [1.54, 1.807) is 0 Å². The molecule has 0 unspecified atom stereocenters. The normalized spacial score (nSPS) is 35.9. The van der Waals surface area contributed by atoms with Crippen molar-refractivity contribution in [3.8, 4) is 0 Å². The van der Waals surface area contributed by atoms with E-state index in [4.69, 9.17) is 4.74 Å². The lowest BCUT2D eigenvalue weighted by Crippen LogP contribution is -2.48. The summed E-state index contributed by atoms with van der Waals surface area (Å²) in [5.41, 5.74) is -1.76. The summed E-state index contributed by atoms with van der Waals surface area (Å²) in [4.78, 5) is 24.2. The highest BCUT2D eigenvalue weighted by Crippen LogP contribution is 2.36. The average molecular weight is 372 g/mol. The van der Waals surface area contributed by atoms with Crippen LogP contribution in [-0.4, -0.2) is 42.5 Å². The van der Waals surface area contributed by atoms with Gasteiger partial charge < -0.3 is 14.9 Å². The number of hydrogen-bond acceptors (Lipinski definition) is 5. The van der Waals surface area contributed by atoms with Crippen LogP contribution in [-0.2, 0) is 10.7 Å². The highest BCUT2D eigenvalue weighted by atomic mass is 127. The third kappa shape index (κ3) is 2.00. The third-order valence-corrected chi connectivity index (χ3v) is 3.56. The van der Waals surface area contributed by atoms with Crippen molar-refractivity contribution in [2.45, 2.75) is 24.3 Å². The lowest BCUT2D eigenvalue weighted by Gasteiger charge is -2.24. The zero-order valence-corrected chi connectivity index (χ0v) is 11.1. The van der Waals surface area contributed by atoms with Crippen LogP contribution in [0.1, 0.15) is 0 Å². The SMILES string of the molecule is O=c1ccn([C@]2(F)O[C@H](CI)[C@@H](O)[C@H]2O)c(=O)[nH]1. The summed E-state index contributed by atoms with van der Waals surface area (Å²) in [5.74, 6) is -2.89. The maximum atomic E-state index is 14.5. The number of aliphatic hydroxyl groups excluding tert-OH is 2. The second-order valence-electron chi connectivity index (χ2n) is 3.84. The minimum absolute atomic E-state index is 0.236. The van der Waals surface area contributed by atoms with Crippen molar-refractivity contribution in [2.75, 3.05) is 4.43 Å². The Balaban J connectivity index is 2.49. The number of rotatable bonds is 2. The van der Waals surface area contributed by atoms with Gasteiger partial charge in [-0.25, -0.2) is 9.36 Å². The van der Waals surface area contributed by atoms with E-state index < -0.39 is 35.5 Å². The summed E-state index contributed by atoms with van der Waals surface area (Å²) in [6, 6.07) is 0.919. The molecule has 0 saturated carbocycles. The van der Waals surface area contributed by atoms with Gasteiger partial charge >= 0.3 is 11.7 Å². The van der Waals surface area contributed by atoms with E-state index in [1.807, 2.05) is 27.6 Å². The van der Waals surface area contributed by atoms with Crippen LogP contribution < -0.4 is 11.2 Å². The molecule has 1 aromatic rings. The van der Waals surface area contributed by atoms with Gasteiger partial charge in [0.2, 0.25) is 0 Å². The number of aromatic nitrogens is 2. The molecule has 7 nitrogen and oxygen atoms in total. The van der Waals surface area contributed by atoms with Crippen molar-refractivity contribution < 1.29 is 19.3 Å². The Bertz CT molecular complexity index is 560. The lowest BCUT2D eigenvalue weighted by atomic mass is 10.1. The van der Waals surface area contributed by atoms with Gasteiger partial charge in [-0.3, -0.25) is 9.78 Å². The fourth-order valence-electron chi connectivity index (χ4n) is 1.75. The summed E-state index contributed by atoms with van der Waals surface area (Å²) in [6.45, 7) is 0. The Morgan fingerprint density at radius 3 is 2.72 bits per heavy atom. The van der Waals surface area contributed by atoms with Crippen molar-refractivity contribution in [2.24, 2.45) is 0 Å². The smallest absolute Gasteiger partial charge is 0.332 e. The Hall–Kier alpha value is -0.780. The number of ether oxygens (including phenoxy) is 1. The molecule has 0 aliphatic carbocycles. The fraction of sp³-hybridized carbons (Fsp3) is 0.556. The number of halogens is 2. The number of aliphatic hydroxyl groups is 2. The van der Waals surface area contributed by atoms with Gasteiger partial charge in [0.05, 0.1) is 0 Å². The second-order valence-corrected chi connectivity index (χ2v) is 4.72. The number of nitrogens with zero attached hydrogens (tertiary/aromatic N) is 1. The molecule has 2 rings (SSSR count). The molecular formula is C9H10FIN2O5. The molecular weight excluding hydrogens is 362 g/mol. The van der Waals surface area contributed by atoms with Gasteiger partial charge in [0, 0.05) is 16.7 Å². The quantitative estimate of drug-likeness (QED) is 0.441. The minimum atomic E-state index is -2.89. The first kappa shape index (κ1) is 13.6. The lowest BCUT2D eigenvalue weighted by molar-refractivity contribution is -0.233. The molecule has 100 valence electrons. The second kappa shape index (κ2) is 4.72. The van der Waals surface area contributed by atoms with E-state index in [0.29, 0.717) is 4.57 Å². The molecule has 4 atom stereocenters.